The molecule has 1 amide bonds. The molecule has 0 aromatic carbocycles. The second-order valence-electron chi connectivity index (χ2n) is 4.85. The lowest BCUT2D eigenvalue weighted by Crippen LogP contribution is -2.48. The monoisotopic (exact) mass is 252 g/mol. The van der Waals surface area contributed by atoms with Crippen LogP contribution in [0.25, 0.3) is 0 Å². The van der Waals surface area contributed by atoms with Crippen molar-refractivity contribution >= 4 is 17.2 Å². The van der Waals surface area contributed by atoms with Gasteiger partial charge in [0.15, 0.2) is 0 Å². The highest BCUT2D eigenvalue weighted by atomic mass is 32.1. The molecule has 1 saturated heterocycles. The number of piperidine rings is 1. The third-order valence-electron chi connectivity index (χ3n) is 3.44. The molecule has 2 N–H and O–H groups in total. The number of thiophene rings is 1. The van der Waals surface area contributed by atoms with Crippen molar-refractivity contribution in [1.29, 1.82) is 0 Å². The summed E-state index contributed by atoms with van der Waals surface area (Å²) < 4.78 is 0. The van der Waals surface area contributed by atoms with Gasteiger partial charge < -0.3 is 10.6 Å². The number of aryl methyl sites for hydroxylation is 1. The number of nitrogens with two attached hydrogens (primary N) is 1. The number of likely N-dealkylation sites (tertiary alicyclic amines) is 1. The Hall–Kier alpha value is -0.870. The van der Waals surface area contributed by atoms with E-state index in [1.165, 1.54) is 5.56 Å². The summed E-state index contributed by atoms with van der Waals surface area (Å²) >= 11 is 1.69. The molecule has 1 fully saturated rings. The SMILES string of the molecule is C[C@@H]1C[C@H](N)CCN1C(=O)CCc1ccsc1. The Morgan fingerprint density at radius 2 is 2.47 bits per heavy atom. The van der Waals surface area contributed by atoms with Crippen LogP contribution < -0.4 is 5.73 Å². The molecule has 0 saturated carbocycles. The maximum Gasteiger partial charge on any atom is 0.223 e. The van der Waals surface area contributed by atoms with Gasteiger partial charge >= 0.3 is 0 Å². The van der Waals surface area contributed by atoms with Crippen molar-refractivity contribution in [3.8, 4) is 0 Å². The lowest BCUT2D eigenvalue weighted by Gasteiger charge is -2.36. The van der Waals surface area contributed by atoms with Gasteiger partial charge in [0.05, 0.1) is 0 Å². The molecule has 1 aromatic rings. The quantitative estimate of drug-likeness (QED) is 0.894. The van der Waals surface area contributed by atoms with Crippen LogP contribution in [0.15, 0.2) is 16.8 Å². The highest BCUT2D eigenvalue weighted by molar-refractivity contribution is 7.07. The van der Waals surface area contributed by atoms with Crippen LogP contribution in [0.3, 0.4) is 0 Å². The van der Waals surface area contributed by atoms with E-state index in [4.69, 9.17) is 5.73 Å². The molecule has 1 aliphatic rings. The van der Waals surface area contributed by atoms with Crippen molar-refractivity contribution in [3.05, 3.63) is 22.4 Å². The molecule has 2 heterocycles. The summed E-state index contributed by atoms with van der Waals surface area (Å²) in [6.07, 6.45) is 3.35. The molecule has 0 spiro atoms. The van der Waals surface area contributed by atoms with Crippen LogP contribution in [-0.4, -0.2) is 29.4 Å². The summed E-state index contributed by atoms with van der Waals surface area (Å²) in [6, 6.07) is 2.66. The molecule has 94 valence electrons. The van der Waals surface area contributed by atoms with E-state index in [9.17, 15) is 4.79 Å². The summed E-state index contributed by atoms with van der Waals surface area (Å²) in [7, 11) is 0. The van der Waals surface area contributed by atoms with Crippen molar-refractivity contribution in [1.82, 2.24) is 4.90 Å². The molecule has 17 heavy (non-hydrogen) atoms. The van der Waals surface area contributed by atoms with Gasteiger partial charge in [-0.25, -0.2) is 0 Å². The Kier molecular flexibility index (Phi) is 4.18. The van der Waals surface area contributed by atoms with E-state index in [1.54, 1.807) is 11.3 Å². The van der Waals surface area contributed by atoms with Crippen molar-refractivity contribution < 1.29 is 4.79 Å². The van der Waals surface area contributed by atoms with Gasteiger partial charge in [0.1, 0.15) is 0 Å². The summed E-state index contributed by atoms with van der Waals surface area (Å²) in [6.45, 7) is 2.92. The van der Waals surface area contributed by atoms with Crippen molar-refractivity contribution in [2.45, 2.75) is 44.7 Å². The minimum atomic E-state index is 0.269. The van der Waals surface area contributed by atoms with E-state index < -0.39 is 0 Å². The maximum atomic E-state index is 12.1. The average Bonchev–Trinajstić information content (AvgIpc) is 2.78. The zero-order valence-electron chi connectivity index (χ0n) is 10.3. The summed E-state index contributed by atoms with van der Waals surface area (Å²) in [4.78, 5) is 14.1. The number of rotatable bonds is 3. The molecule has 2 rings (SSSR count). The van der Waals surface area contributed by atoms with Gasteiger partial charge in [-0.2, -0.15) is 11.3 Å². The largest absolute Gasteiger partial charge is 0.340 e. The fourth-order valence-corrected chi connectivity index (χ4v) is 3.11. The Labute approximate surface area is 107 Å². The van der Waals surface area contributed by atoms with E-state index >= 15 is 0 Å². The first-order valence-electron chi connectivity index (χ1n) is 6.23. The van der Waals surface area contributed by atoms with Gasteiger partial charge in [-0.1, -0.05) is 0 Å². The number of hydrogen-bond donors (Lipinski definition) is 1. The molecular formula is C13H20N2OS. The predicted octanol–water partition coefficient (Wildman–Crippen LogP) is 2.02. The van der Waals surface area contributed by atoms with Crippen LogP contribution in [0, 0.1) is 0 Å². The van der Waals surface area contributed by atoms with E-state index in [2.05, 4.69) is 23.8 Å². The third kappa shape index (κ3) is 3.30. The van der Waals surface area contributed by atoms with Crippen LogP contribution >= 0.6 is 11.3 Å². The van der Waals surface area contributed by atoms with Gasteiger partial charge in [-0.3, -0.25) is 4.79 Å². The lowest BCUT2D eigenvalue weighted by atomic mass is 9.98. The van der Waals surface area contributed by atoms with Crippen LogP contribution in [-0.2, 0) is 11.2 Å². The second kappa shape index (κ2) is 5.65. The lowest BCUT2D eigenvalue weighted by molar-refractivity contribution is -0.134. The highest BCUT2D eigenvalue weighted by Crippen LogP contribution is 2.18. The topological polar surface area (TPSA) is 46.3 Å². The molecule has 0 bridgehead atoms. The number of hydrogen-bond acceptors (Lipinski definition) is 3. The third-order valence-corrected chi connectivity index (χ3v) is 4.18. The molecule has 0 radical (unpaired) electrons. The first kappa shape index (κ1) is 12.6. The Morgan fingerprint density at radius 3 is 3.12 bits per heavy atom. The van der Waals surface area contributed by atoms with Crippen LogP contribution in [0.5, 0.6) is 0 Å². The molecule has 1 aromatic heterocycles. The molecule has 0 aliphatic carbocycles. The van der Waals surface area contributed by atoms with E-state index in [1.807, 2.05) is 4.90 Å². The maximum absolute atomic E-state index is 12.1. The van der Waals surface area contributed by atoms with E-state index in [-0.39, 0.29) is 11.9 Å². The fourth-order valence-electron chi connectivity index (χ4n) is 2.41. The predicted molar refractivity (Wildman–Crippen MR) is 71.0 cm³/mol. The summed E-state index contributed by atoms with van der Waals surface area (Å²) in [5.41, 5.74) is 7.17. The molecule has 1 aliphatic heterocycles. The Balaban J connectivity index is 1.83. The van der Waals surface area contributed by atoms with Gasteiger partial charge in [0.2, 0.25) is 5.91 Å². The van der Waals surface area contributed by atoms with Crippen LogP contribution in [0.2, 0.25) is 0 Å². The molecule has 0 unspecified atom stereocenters. The molecule has 3 nitrogen and oxygen atoms in total. The van der Waals surface area contributed by atoms with Crippen molar-refractivity contribution in [2.24, 2.45) is 5.73 Å². The Bertz CT molecular complexity index is 364. The molecule has 2 atom stereocenters. The smallest absolute Gasteiger partial charge is 0.223 e. The standard InChI is InChI=1S/C13H20N2OS/c1-10-8-12(14)4-6-15(10)13(16)3-2-11-5-7-17-9-11/h5,7,9-10,12H,2-4,6,8,14H2,1H3/t10-,12-/m1/s1. The highest BCUT2D eigenvalue weighted by Gasteiger charge is 2.26. The number of amides is 1. The minimum absolute atomic E-state index is 0.269. The second-order valence-corrected chi connectivity index (χ2v) is 5.63. The zero-order chi connectivity index (χ0) is 12.3. The van der Waals surface area contributed by atoms with Crippen molar-refractivity contribution in [2.75, 3.05) is 6.54 Å². The van der Waals surface area contributed by atoms with Crippen LogP contribution in [0.4, 0.5) is 0 Å². The zero-order valence-corrected chi connectivity index (χ0v) is 11.1. The normalized spacial score (nSPS) is 24.9. The number of carbonyl (C=O) groups is 1. The Morgan fingerprint density at radius 1 is 1.65 bits per heavy atom. The fraction of sp³-hybridized carbons (Fsp3) is 0.615. The first-order chi connectivity index (χ1) is 8.16. The van der Waals surface area contributed by atoms with E-state index in [0.29, 0.717) is 12.5 Å². The van der Waals surface area contributed by atoms with Gasteiger partial charge in [0, 0.05) is 25.0 Å². The van der Waals surface area contributed by atoms with Crippen molar-refractivity contribution in [3.63, 3.8) is 0 Å². The first-order valence-corrected chi connectivity index (χ1v) is 7.17. The average molecular weight is 252 g/mol. The van der Waals surface area contributed by atoms with Gasteiger partial charge in [-0.05, 0) is 48.6 Å². The molecular weight excluding hydrogens is 232 g/mol. The summed E-state index contributed by atoms with van der Waals surface area (Å²) in [5.74, 6) is 0.274. The van der Waals surface area contributed by atoms with Crippen LogP contribution in [0.1, 0.15) is 31.7 Å². The molecule has 4 heteroatoms. The minimum Gasteiger partial charge on any atom is -0.340 e. The number of carbonyl (C=O) groups excluding carboxylic acids is 1. The van der Waals surface area contributed by atoms with E-state index in [0.717, 1.165) is 25.8 Å². The summed E-state index contributed by atoms with van der Waals surface area (Å²) in [5, 5.41) is 4.17. The van der Waals surface area contributed by atoms with Gasteiger partial charge in [-0.15, -0.1) is 0 Å². The van der Waals surface area contributed by atoms with Gasteiger partial charge in [0.25, 0.3) is 0 Å². The number of nitrogens with zero attached hydrogens (tertiary/aromatic N) is 1.